The third-order valence-corrected chi connectivity index (χ3v) is 3.66. The SMILES string of the molecule is FC(F)(F)c1nc(Nc2ccc3c(c2)OCCO3)c2ccccc2n1. The molecule has 0 radical (unpaired) electrons. The fraction of sp³-hybridized carbons (Fsp3) is 0.176. The van der Waals surface area contributed by atoms with Crippen molar-refractivity contribution in [3.05, 3.63) is 48.3 Å². The number of benzene rings is 2. The Kier molecular flexibility index (Phi) is 3.60. The molecule has 3 aromatic rings. The first-order valence-electron chi connectivity index (χ1n) is 7.51. The predicted octanol–water partition coefficient (Wildman–Crippen LogP) is 4.16. The molecule has 0 amide bonds. The maximum absolute atomic E-state index is 13.1. The zero-order chi connectivity index (χ0) is 17.4. The lowest BCUT2D eigenvalue weighted by Crippen LogP contribution is -2.15. The first-order valence-corrected chi connectivity index (χ1v) is 7.51. The summed E-state index contributed by atoms with van der Waals surface area (Å²) in [7, 11) is 0. The summed E-state index contributed by atoms with van der Waals surface area (Å²) in [6, 6.07) is 11.6. The molecule has 5 nitrogen and oxygen atoms in total. The van der Waals surface area contributed by atoms with Crippen molar-refractivity contribution >= 4 is 22.4 Å². The molecule has 1 aromatic heterocycles. The highest BCUT2D eigenvalue weighted by Gasteiger charge is 2.35. The van der Waals surface area contributed by atoms with Crippen LogP contribution in [0.3, 0.4) is 0 Å². The lowest BCUT2D eigenvalue weighted by molar-refractivity contribution is -0.144. The Morgan fingerprint density at radius 2 is 1.68 bits per heavy atom. The topological polar surface area (TPSA) is 56.3 Å². The molecule has 2 heterocycles. The molecule has 0 aliphatic carbocycles. The quantitative estimate of drug-likeness (QED) is 0.754. The van der Waals surface area contributed by atoms with Gasteiger partial charge < -0.3 is 14.8 Å². The summed E-state index contributed by atoms with van der Waals surface area (Å²) < 4.78 is 50.1. The summed E-state index contributed by atoms with van der Waals surface area (Å²) in [5, 5.41) is 3.41. The van der Waals surface area contributed by atoms with E-state index in [2.05, 4.69) is 15.3 Å². The molecule has 1 N–H and O–H groups in total. The van der Waals surface area contributed by atoms with E-state index in [1.807, 2.05) is 0 Å². The van der Waals surface area contributed by atoms with Crippen LogP contribution in [-0.2, 0) is 6.18 Å². The molecule has 0 bridgehead atoms. The van der Waals surface area contributed by atoms with Crippen molar-refractivity contribution in [2.75, 3.05) is 18.5 Å². The van der Waals surface area contributed by atoms with Crippen LogP contribution >= 0.6 is 0 Å². The van der Waals surface area contributed by atoms with Crippen LogP contribution in [0.25, 0.3) is 10.9 Å². The Balaban J connectivity index is 1.78. The highest BCUT2D eigenvalue weighted by atomic mass is 19.4. The van der Waals surface area contributed by atoms with Gasteiger partial charge in [0.05, 0.1) is 5.52 Å². The number of alkyl halides is 3. The van der Waals surface area contributed by atoms with Gasteiger partial charge >= 0.3 is 6.18 Å². The van der Waals surface area contributed by atoms with Crippen LogP contribution in [0, 0.1) is 0 Å². The number of aromatic nitrogens is 2. The van der Waals surface area contributed by atoms with Gasteiger partial charge in [-0.3, -0.25) is 0 Å². The molecule has 0 saturated carbocycles. The Labute approximate surface area is 140 Å². The van der Waals surface area contributed by atoms with Crippen molar-refractivity contribution in [3.63, 3.8) is 0 Å². The summed E-state index contributed by atoms with van der Waals surface area (Å²) in [6.07, 6.45) is -4.63. The number of hydrogen-bond donors (Lipinski definition) is 1. The van der Waals surface area contributed by atoms with Gasteiger partial charge in [0.1, 0.15) is 19.0 Å². The number of fused-ring (bicyclic) bond motifs is 2. The van der Waals surface area contributed by atoms with Crippen molar-refractivity contribution in [1.29, 1.82) is 0 Å². The fourth-order valence-electron chi connectivity index (χ4n) is 2.56. The van der Waals surface area contributed by atoms with Crippen molar-refractivity contribution in [1.82, 2.24) is 9.97 Å². The van der Waals surface area contributed by atoms with Gasteiger partial charge in [-0.05, 0) is 24.3 Å². The maximum atomic E-state index is 13.1. The third-order valence-electron chi connectivity index (χ3n) is 3.66. The molecule has 8 heteroatoms. The van der Waals surface area contributed by atoms with Gasteiger partial charge in [0.2, 0.25) is 5.82 Å². The highest BCUT2D eigenvalue weighted by molar-refractivity contribution is 5.90. The van der Waals surface area contributed by atoms with Gasteiger partial charge in [-0.1, -0.05) is 12.1 Å². The first-order chi connectivity index (χ1) is 12.0. The summed E-state index contributed by atoms with van der Waals surface area (Å²) in [5.74, 6) is 0.0202. The minimum atomic E-state index is -4.63. The number of halogens is 3. The van der Waals surface area contributed by atoms with Gasteiger partial charge in [0.25, 0.3) is 0 Å². The van der Waals surface area contributed by atoms with Crippen molar-refractivity contribution in [2.24, 2.45) is 0 Å². The van der Waals surface area contributed by atoms with E-state index in [1.54, 1.807) is 36.4 Å². The summed E-state index contributed by atoms with van der Waals surface area (Å²) in [6.45, 7) is 0.885. The van der Waals surface area contributed by atoms with Crippen LogP contribution in [0.1, 0.15) is 5.82 Å². The minimum absolute atomic E-state index is 0.0783. The van der Waals surface area contributed by atoms with Gasteiger partial charge in [0.15, 0.2) is 11.5 Å². The van der Waals surface area contributed by atoms with Crippen molar-refractivity contribution in [2.45, 2.75) is 6.18 Å². The van der Waals surface area contributed by atoms with Crippen molar-refractivity contribution in [3.8, 4) is 11.5 Å². The maximum Gasteiger partial charge on any atom is 0.451 e. The lowest BCUT2D eigenvalue weighted by atomic mass is 10.2. The number of ether oxygens (including phenoxy) is 2. The summed E-state index contributed by atoms with van der Waals surface area (Å²) in [5.41, 5.74) is 0.756. The van der Waals surface area contributed by atoms with E-state index >= 15 is 0 Å². The number of rotatable bonds is 2. The second-order valence-electron chi connectivity index (χ2n) is 5.39. The molecule has 0 spiro atoms. The average molecular weight is 347 g/mol. The Bertz CT molecular complexity index is 944. The number of nitrogens with one attached hydrogen (secondary N) is 1. The van der Waals surface area contributed by atoms with Crippen LogP contribution in [0.4, 0.5) is 24.7 Å². The minimum Gasteiger partial charge on any atom is -0.486 e. The van der Waals surface area contributed by atoms with Gasteiger partial charge in [0, 0.05) is 17.1 Å². The number of hydrogen-bond acceptors (Lipinski definition) is 5. The zero-order valence-electron chi connectivity index (χ0n) is 12.8. The van der Waals surface area contributed by atoms with Crippen molar-refractivity contribution < 1.29 is 22.6 Å². The van der Waals surface area contributed by atoms with E-state index in [-0.39, 0.29) is 11.3 Å². The molecule has 4 rings (SSSR count). The normalized spacial score (nSPS) is 13.7. The molecule has 0 atom stereocenters. The number of anilines is 2. The van der Waals surface area contributed by atoms with Crippen LogP contribution in [0.15, 0.2) is 42.5 Å². The highest BCUT2D eigenvalue weighted by Crippen LogP contribution is 2.35. The second-order valence-corrected chi connectivity index (χ2v) is 5.39. The summed E-state index contributed by atoms with van der Waals surface area (Å²) >= 11 is 0. The van der Waals surface area contributed by atoms with Crippen LogP contribution in [-0.4, -0.2) is 23.2 Å². The molecule has 25 heavy (non-hydrogen) atoms. The first kappa shape index (κ1) is 15.5. The molecular weight excluding hydrogens is 335 g/mol. The molecule has 1 aliphatic rings. The third kappa shape index (κ3) is 3.02. The Morgan fingerprint density at radius 1 is 0.920 bits per heavy atom. The molecule has 1 aliphatic heterocycles. The van der Waals surface area contributed by atoms with E-state index < -0.39 is 12.0 Å². The lowest BCUT2D eigenvalue weighted by Gasteiger charge is -2.19. The standard InChI is InChI=1S/C17H12F3N3O2/c18-17(19,20)16-22-12-4-2-1-3-11(12)15(23-16)21-10-5-6-13-14(9-10)25-8-7-24-13/h1-6,9H,7-8H2,(H,21,22,23). The van der Waals surface area contributed by atoms with Gasteiger partial charge in [-0.25, -0.2) is 9.97 Å². The molecule has 128 valence electrons. The monoisotopic (exact) mass is 347 g/mol. The van der Waals surface area contributed by atoms with Crippen LogP contribution in [0.2, 0.25) is 0 Å². The molecule has 0 saturated heterocycles. The zero-order valence-corrected chi connectivity index (χ0v) is 12.8. The molecule has 0 unspecified atom stereocenters. The predicted molar refractivity (Wildman–Crippen MR) is 85.3 cm³/mol. The smallest absolute Gasteiger partial charge is 0.451 e. The molecule has 2 aromatic carbocycles. The molecular formula is C17H12F3N3O2. The van der Waals surface area contributed by atoms with E-state index in [9.17, 15) is 13.2 Å². The average Bonchev–Trinajstić information content (AvgIpc) is 2.61. The Hall–Kier alpha value is -3.03. The van der Waals surface area contributed by atoms with E-state index in [0.717, 1.165) is 0 Å². The number of para-hydroxylation sites is 1. The summed E-state index contributed by atoms with van der Waals surface area (Å²) in [4.78, 5) is 7.26. The Morgan fingerprint density at radius 3 is 2.48 bits per heavy atom. The van der Waals surface area contributed by atoms with Crippen LogP contribution < -0.4 is 14.8 Å². The van der Waals surface area contributed by atoms with Crippen LogP contribution in [0.5, 0.6) is 11.5 Å². The van der Waals surface area contributed by atoms with Gasteiger partial charge in [-0.2, -0.15) is 13.2 Å². The fourth-order valence-corrected chi connectivity index (χ4v) is 2.56. The second kappa shape index (κ2) is 5.80. The largest absolute Gasteiger partial charge is 0.486 e. The van der Waals surface area contributed by atoms with E-state index in [4.69, 9.17) is 9.47 Å². The molecule has 0 fully saturated rings. The number of nitrogens with zero attached hydrogens (tertiary/aromatic N) is 2. The van der Waals surface area contributed by atoms with E-state index in [1.165, 1.54) is 6.07 Å². The van der Waals surface area contributed by atoms with E-state index in [0.29, 0.717) is 35.8 Å². The van der Waals surface area contributed by atoms with Gasteiger partial charge in [-0.15, -0.1) is 0 Å².